The molecule has 0 aliphatic heterocycles. The van der Waals surface area contributed by atoms with Crippen molar-refractivity contribution < 1.29 is 4.74 Å². The van der Waals surface area contributed by atoms with Gasteiger partial charge in [0.15, 0.2) is 0 Å². The minimum atomic E-state index is 0.593. The molecule has 0 aromatic rings. The average Bonchev–Trinajstić information content (AvgIpc) is 2.20. The van der Waals surface area contributed by atoms with Gasteiger partial charge in [0.1, 0.15) is 0 Å². The summed E-state index contributed by atoms with van der Waals surface area (Å²) in [5.74, 6) is 1.30. The van der Waals surface area contributed by atoms with Crippen LogP contribution in [0.2, 0.25) is 0 Å². The minimum absolute atomic E-state index is 0.593. The zero-order valence-electron chi connectivity index (χ0n) is 9.84. The third-order valence-electron chi connectivity index (χ3n) is 2.27. The summed E-state index contributed by atoms with van der Waals surface area (Å²) in [6.45, 7) is 4.24. The van der Waals surface area contributed by atoms with Crippen molar-refractivity contribution in [3.05, 3.63) is 0 Å². The number of nitrogens with one attached hydrogen (secondary N) is 1. The molecule has 0 aromatic heterocycles. The molecule has 3 heteroatoms. The third-order valence-corrected chi connectivity index (χ3v) is 2.97. The van der Waals surface area contributed by atoms with E-state index in [0.717, 1.165) is 19.6 Å². The molecular weight excluding hydrogens is 194 g/mol. The zero-order valence-corrected chi connectivity index (χ0v) is 10.7. The van der Waals surface area contributed by atoms with Crippen molar-refractivity contribution in [3.63, 3.8) is 0 Å². The number of ether oxygens (including phenoxy) is 1. The first-order chi connectivity index (χ1) is 6.81. The van der Waals surface area contributed by atoms with Gasteiger partial charge in [0, 0.05) is 19.8 Å². The lowest BCUT2D eigenvalue weighted by Gasteiger charge is -2.12. The largest absolute Gasteiger partial charge is 0.385 e. The Labute approximate surface area is 93.2 Å². The van der Waals surface area contributed by atoms with E-state index < -0.39 is 0 Å². The number of rotatable bonds is 10. The summed E-state index contributed by atoms with van der Waals surface area (Å²) in [7, 11) is 1.76. The average molecular weight is 219 g/mol. The van der Waals surface area contributed by atoms with Gasteiger partial charge in [0.05, 0.1) is 0 Å². The van der Waals surface area contributed by atoms with E-state index in [4.69, 9.17) is 4.74 Å². The monoisotopic (exact) mass is 219 g/mol. The van der Waals surface area contributed by atoms with Crippen molar-refractivity contribution in [2.24, 2.45) is 0 Å². The molecule has 14 heavy (non-hydrogen) atoms. The van der Waals surface area contributed by atoms with E-state index in [0.29, 0.717) is 6.04 Å². The van der Waals surface area contributed by atoms with Crippen LogP contribution in [-0.2, 0) is 4.74 Å². The maximum atomic E-state index is 5.03. The molecule has 0 aliphatic carbocycles. The molecule has 0 heterocycles. The van der Waals surface area contributed by atoms with Crippen LogP contribution >= 0.6 is 11.8 Å². The number of methoxy groups -OCH3 is 1. The summed E-state index contributed by atoms with van der Waals surface area (Å²) in [6.07, 6.45) is 7.30. The van der Waals surface area contributed by atoms with Gasteiger partial charge in [-0.25, -0.2) is 0 Å². The highest BCUT2D eigenvalue weighted by atomic mass is 32.2. The van der Waals surface area contributed by atoms with E-state index in [1.807, 2.05) is 11.8 Å². The molecule has 86 valence electrons. The standard InChI is InChI=1S/C11H25NOS/c1-11(7-9-13-2)12-8-5-4-6-10-14-3/h11-12H,4-10H2,1-3H3. The van der Waals surface area contributed by atoms with Crippen LogP contribution < -0.4 is 5.32 Å². The zero-order chi connectivity index (χ0) is 10.6. The van der Waals surface area contributed by atoms with Crippen LogP contribution in [0.15, 0.2) is 0 Å². The maximum absolute atomic E-state index is 5.03. The van der Waals surface area contributed by atoms with Crippen LogP contribution in [0, 0.1) is 0 Å². The molecule has 0 saturated carbocycles. The number of hydrogen-bond donors (Lipinski definition) is 1. The Morgan fingerprint density at radius 3 is 2.71 bits per heavy atom. The lowest BCUT2D eigenvalue weighted by atomic mass is 10.2. The second-order valence-electron chi connectivity index (χ2n) is 3.69. The van der Waals surface area contributed by atoms with Gasteiger partial charge in [-0.05, 0) is 44.7 Å². The highest BCUT2D eigenvalue weighted by Gasteiger charge is 1.99. The predicted molar refractivity (Wildman–Crippen MR) is 66.2 cm³/mol. The van der Waals surface area contributed by atoms with Crippen molar-refractivity contribution in [2.45, 2.75) is 38.6 Å². The first kappa shape index (κ1) is 14.3. The van der Waals surface area contributed by atoms with E-state index in [1.165, 1.54) is 25.0 Å². The highest BCUT2D eigenvalue weighted by molar-refractivity contribution is 7.98. The van der Waals surface area contributed by atoms with Crippen molar-refractivity contribution >= 4 is 11.8 Å². The van der Waals surface area contributed by atoms with Crippen LogP contribution in [0.3, 0.4) is 0 Å². The number of hydrogen-bond acceptors (Lipinski definition) is 3. The Kier molecular flexibility index (Phi) is 11.6. The van der Waals surface area contributed by atoms with Crippen LogP contribution in [0.4, 0.5) is 0 Å². The second-order valence-corrected chi connectivity index (χ2v) is 4.68. The fourth-order valence-corrected chi connectivity index (χ4v) is 1.79. The molecule has 0 fully saturated rings. The highest BCUT2D eigenvalue weighted by Crippen LogP contribution is 2.01. The van der Waals surface area contributed by atoms with Gasteiger partial charge in [-0.15, -0.1) is 0 Å². The van der Waals surface area contributed by atoms with Gasteiger partial charge in [0.2, 0.25) is 0 Å². The maximum Gasteiger partial charge on any atom is 0.0476 e. The Bertz CT molecular complexity index is 111. The summed E-state index contributed by atoms with van der Waals surface area (Å²) >= 11 is 1.94. The summed E-state index contributed by atoms with van der Waals surface area (Å²) < 4.78 is 5.03. The van der Waals surface area contributed by atoms with E-state index in [9.17, 15) is 0 Å². The summed E-state index contributed by atoms with van der Waals surface area (Å²) in [5.41, 5.74) is 0. The van der Waals surface area contributed by atoms with Gasteiger partial charge >= 0.3 is 0 Å². The van der Waals surface area contributed by atoms with Crippen LogP contribution in [0.25, 0.3) is 0 Å². The molecule has 0 saturated heterocycles. The van der Waals surface area contributed by atoms with Crippen molar-refractivity contribution in [3.8, 4) is 0 Å². The van der Waals surface area contributed by atoms with Gasteiger partial charge in [-0.2, -0.15) is 11.8 Å². The molecular formula is C11H25NOS. The van der Waals surface area contributed by atoms with Gasteiger partial charge < -0.3 is 10.1 Å². The topological polar surface area (TPSA) is 21.3 Å². The molecule has 0 aromatic carbocycles. The molecule has 0 bridgehead atoms. The van der Waals surface area contributed by atoms with Gasteiger partial charge in [0.25, 0.3) is 0 Å². The summed E-state index contributed by atoms with van der Waals surface area (Å²) in [6, 6.07) is 0.593. The predicted octanol–water partition coefficient (Wildman–Crippen LogP) is 2.53. The molecule has 0 rings (SSSR count). The van der Waals surface area contributed by atoms with Crippen LogP contribution in [-0.4, -0.2) is 38.3 Å². The Hall–Kier alpha value is 0.270. The lowest BCUT2D eigenvalue weighted by molar-refractivity contribution is 0.185. The lowest BCUT2D eigenvalue weighted by Crippen LogP contribution is -2.28. The Balaban J connectivity index is 3.02. The van der Waals surface area contributed by atoms with Crippen LogP contribution in [0.5, 0.6) is 0 Å². The SMILES string of the molecule is COCCC(C)NCCCCCSC. The normalized spacial score (nSPS) is 13.1. The molecule has 0 amide bonds. The molecule has 2 nitrogen and oxygen atoms in total. The minimum Gasteiger partial charge on any atom is -0.385 e. The quantitative estimate of drug-likeness (QED) is 0.571. The smallest absolute Gasteiger partial charge is 0.0476 e. The molecule has 0 aliphatic rings. The molecule has 1 unspecified atom stereocenters. The van der Waals surface area contributed by atoms with Crippen molar-refractivity contribution in [2.75, 3.05) is 32.3 Å². The fourth-order valence-electron chi connectivity index (χ4n) is 1.29. The molecule has 1 N–H and O–H groups in total. The molecule has 1 atom stereocenters. The molecule has 0 radical (unpaired) electrons. The third kappa shape index (κ3) is 10.4. The van der Waals surface area contributed by atoms with E-state index in [1.54, 1.807) is 7.11 Å². The Morgan fingerprint density at radius 1 is 1.29 bits per heavy atom. The van der Waals surface area contributed by atoms with Gasteiger partial charge in [-0.1, -0.05) is 6.42 Å². The van der Waals surface area contributed by atoms with E-state index in [-0.39, 0.29) is 0 Å². The van der Waals surface area contributed by atoms with Crippen molar-refractivity contribution in [1.29, 1.82) is 0 Å². The first-order valence-electron chi connectivity index (χ1n) is 5.52. The van der Waals surface area contributed by atoms with Crippen LogP contribution in [0.1, 0.15) is 32.6 Å². The van der Waals surface area contributed by atoms with Crippen molar-refractivity contribution in [1.82, 2.24) is 5.32 Å². The Morgan fingerprint density at radius 2 is 2.07 bits per heavy atom. The number of unbranched alkanes of at least 4 members (excludes halogenated alkanes) is 2. The van der Waals surface area contributed by atoms with Gasteiger partial charge in [-0.3, -0.25) is 0 Å². The van der Waals surface area contributed by atoms with E-state index in [2.05, 4.69) is 18.5 Å². The van der Waals surface area contributed by atoms with E-state index >= 15 is 0 Å². The fraction of sp³-hybridized carbons (Fsp3) is 1.00. The molecule has 0 spiro atoms. The second kappa shape index (κ2) is 11.3. The summed E-state index contributed by atoms with van der Waals surface area (Å²) in [5, 5.41) is 3.51. The number of thioether (sulfide) groups is 1. The first-order valence-corrected chi connectivity index (χ1v) is 6.92. The summed E-state index contributed by atoms with van der Waals surface area (Å²) in [4.78, 5) is 0.